The Morgan fingerprint density at radius 3 is 2.90 bits per heavy atom. The van der Waals surface area contributed by atoms with Gasteiger partial charge in [-0.2, -0.15) is 9.61 Å². The quantitative estimate of drug-likeness (QED) is 0.564. The number of hydrogen-bond acceptors (Lipinski definition) is 8. The van der Waals surface area contributed by atoms with Gasteiger partial charge in [0.05, 0.1) is 5.69 Å². The molecule has 20 heavy (non-hydrogen) atoms. The molecule has 0 atom stereocenters. The van der Waals surface area contributed by atoms with Crippen LogP contribution in [0.5, 0.6) is 0 Å². The van der Waals surface area contributed by atoms with Gasteiger partial charge in [0.1, 0.15) is 4.88 Å². The van der Waals surface area contributed by atoms with E-state index in [2.05, 4.69) is 29.9 Å². The molecule has 4 heterocycles. The second-order valence-electron chi connectivity index (χ2n) is 4.05. The summed E-state index contributed by atoms with van der Waals surface area (Å²) in [6, 6.07) is 3.79. The number of rotatable bonds is 2. The first-order chi connectivity index (χ1) is 9.83. The first kappa shape index (κ1) is 11.6. The lowest BCUT2D eigenvalue weighted by Crippen LogP contribution is -1.91. The highest BCUT2D eigenvalue weighted by Crippen LogP contribution is 2.31. The van der Waals surface area contributed by atoms with Gasteiger partial charge in [-0.3, -0.25) is 4.98 Å². The second kappa shape index (κ2) is 4.39. The average Bonchev–Trinajstić information content (AvgIpc) is 3.13. The van der Waals surface area contributed by atoms with Crippen molar-refractivity contribution in [3.8, 4) is 21.3 Å². The van der Waals surface area contributed by atoms with Crippen molar-refractivity contribution in [2.75, 3.05) is 0 Å². The molecular weight excluding hydrogens is 294 g/mol. The van der Waals surface area contributed by atoms with Gasteiger partial charge in [0, 0.05) is 18.0 Å². The van der Waals surface area contributed by atoms with E-state index in [0.29, 0.717) is 5.82 Å². The van der Waals surface area contributed by atoms with E-state index in [-0.39, 0.29) is 0 Å². The highest BCUT2D eigenvalue weighted by molar-refractivity contribution is 7.23. The summed E-state index contributed by atoms with van der Waals surface area (Å²) in [5.74, 6) is 0.686. The molecule has 0 saturated heterocycles. The lowest BCUT2D eigenvalue weighted by molar-refractivity contribution is 0.968. The minimum atomic E-state index is 0.686. The van der Waals surface area contributed by atoms with Gasteiger partial charge in [-0.25, -0.2) is 0 Å². The van der Waals surface area contributed by atoms with Crippen molar-refractivity contribution in [3.05, 3.63) is 30.2 Å². The zero-order valence-electron chi connectivity index (χ0n) is 10.3. The van der Waals surface area contributed by atoms with Gasteiger partial charge < -0.3 is 0 Å². The SMILES string of the molecule is Cc1nnsc1-c1nn2c(-c3cccnc3)nnc2s1. The number of aromatic nitrogens is 7. The zero-order valence-corrected chi connectivity index (χ0v) is 11.9. The molecular formula is C11H7N7S2. The van der Waals surface area contributed by atoms with Gasteiger partial charge in [-0.15, -0.1) is 15.3 Å². The molecule has 7 nitrogen and oxygen atoms in total. The molecule has 0 aromatic carbocycles. The molecule has 0 unspecified atom stereocenters. The van der Waals surface area contributed by atoms with E-state index in [1.807, 2.05) is 19.1 Å². The Morgan fingerprint density at radius 1 is 1.20 bits per heavy atom. The predicted molar refractivity (Wildman–Crippen MR) is 75.5 cm³/mol. The van der Waals surface area contributed by atoms with E-state index in [4.69, 9.17) is 0 Å². The van der Waals surface area contributed by atoms with Crippen LogP contribution in [0.15, 0.2) is 24.5 Å². The van der Waals surface area contributed by atoms with Gasteiger partial charge >= 0.3 is 0 Å². The molecule has 0 aliphatic carbocycles. The number of pyridine rings is 1. The second-order valence-corrected chi connectivity index (χ2v) is 5.76. The van der Waals surface area contributed by atoms with Gasteiger partial charge in [0.15, 0.2) is 10.8 Å². The molecule has 0 saturated carbocycles. The van der Waals surface area contributed by atoms with E-state index in [9.17, 15) is 0 Å². The molecule has 4 rings (SSSR count). The van der Waals surface area contributed by atoms with Crippen molar-refractivity contribution in [3.63, 3.8) is 0 Å². The van der Waals surface area contributed by atoms with E-state index < -0.39 is 0 Å². The summed E-state index contributed by atoms with van der Waals surface area (Å²) in [7, 11) is 0. The van der Waals surface area contributed by atoms with Crippen LogP contribution in [0.2, 0.25) is 0 Å². The Hall–Kier alpha value is -2.26. The maximum atomic E-state index is 4.57. The third-order valence-electron chi connectivity index (χ3n) is 2.76. The van der Waals surface area contributed by atoms with Crippen molar-refractivity contribution in [1.82, 2.24) is 34.4 Å². The predicted octanol–water partition coefficient (Wildman–Crippen LogP) is 2.07. The topological polar surface area (TPSA) is 81.8 Å². The summed E-state index contributed by atoms with van der Waals surface area (Å²) in [5, 5.41) is 17.8. The minimum Gasteiger partial charge on any atom is -0.264 e. The number of fused-ring (bicyclic) bond motifs is 1. The maximum Gasteiger partial charge on any atom is 0.235 e. The van der Waals surface area contributed by atoms with Crippen LogP contribution >= 0.6 is 22.9 Å². The van der Waals surface area contributed by atoms with Gasteiger partial charge in [-0.05, 0) is 30.6 Å². The Bertz CT molecular complexity index is 877. The number of aryl methyl sites for hydroxylation is 1. The van der Waals surface area contributed by atoms with Crippen molar-refractivity contribution in [1.29, 1.82) is 0 Å². The molecule has 0 amide bonds. The molecule has 0 aliphatic heterocycles. The van der Waals surface area contributed by atoms with E-state index in [1.165, 1.54) is 22.9 Å². The van der Waals surface area contributed by atoms with Crippen LogP contribution in [0.1, 0.15) is 5.69 Å². The Morgan fingerprint density at radius 2 is 2.15 bits per heavy atom. The normalized spacial score (nSPS) is 11.2. The molecule has 0 aliphatic rings. The third-order valence-corrected chi connectivity index (χ3v) is 4.64. The molecule has 4 aromatic rings. The monoisotopic (exact) mass is 301 g/mol. The van der Waals surface area contributed by atoms with Crippen LogP contribution in [0.25, 0.3) is 26.2 Å². The fourth-order valence-corrected chi connectivity index (χ4v) is 3.42. The lowest BCUT2D eigenvalue weighted by atomic mass is 10.3. The van der Waals surface area contributed by atoms with Crippen molar-refractivity contribution >= 4 is 27.8 Å². The number of nitrogens with zero attached hydrogens (tertiary/aromatic N) is 7. The fourth-order valence-electron chi connectivity index (χ4n) is 1.81. The third kappa shape index (κ3) is 1.71. The van der Waals surface area contributed by atoms with Crippen LogP contribution in [-0.4, -0.2) is 34.4 Å². The summed E-state index contributed by atoms with van der Waals surface area (Å²) >= 11 is 2.81. The number of hydrogen-bond donors (Lipinski definition) is 0. The first-order valence-corrected chi connectivity index (χ1v) is 7.34. The molecule has 0 fully saturated rings. The average molecular weight is 301 g/mol. The molecule has 0 radical (unpaired) electrons. The Balaban J connectivity index is 1.90. The molecule has 4 aromatic heterocycles. The highest BCUT2D eigenvalue weighted by atomic mass is 32.1. The van der Waals surface area contributed by atoms with Crippen LogP contribution < -0.4 is 0 Å². The highest BCUT2D eigenvalue weighted by Gasteiger charge is 2.17. The van der Waals surface area contributed by atoms with E-state index in [1.54, 1.807) is 16.9 Å². The first-order valence-electron chi connectivity index (χ1n) is 5.75. The van der Waals surface area contributed by atoms with Crippen molar-refractivity contribution in [2.24, 2.45) is 0 Å². The van der Waals surface area contributed by atoms with Gasteiger partial charge in [-0.1, -0.05) is 15.8 Å². The smallest absolute Gasteiger partial charge is 0.235 e. The van der Waals surface area contributed by atoms with Crippen LogP contribution in [0.3, 0.4) is 0 Å². The largest absolute Gasteiger partial charge is 0.264 e. The molecule has 0 N–H and O–H groups in total. The van der Waals surface area contributed by atoms with Gasteiger partial charge in [0.2, 0.25) is 4.96 Å². The Kier molecular flexibility index (Phi) is 2.54. The van der Waals surface area contributed by atoms with Crippen molar-refractivity contribution in [2.45, 2.75) is 6.92 Å². The maximum absolute atomic E-state index is 4.57. The molecule has 9 heteroatoms. The standard InChI is InChI=1S/C11H7N7S2/c1-6-8(20-17-13-6)10-16-18-9(14-15-11(18)19-10)7-3-2-4-12-5-7/h2-5H,1H3. The lowest BCUT2D eigenvalue weighted by Gasteiger charge is -1.94. The summed E-state index contributed by atoms with van der Waals surface area (Å²) in [5.41, 5.74) is 1.76. The zero-order chi connectivity index (χ0) is 13.5. The van der Waals surface area contributed by atoms with Crippen LogP contribution in [-0.2, 0) is 0 Å². The Labute approximate surface area is 121 Å². The van der Waals surface area contributed by atoms with E-state index >= 15 is 0 Å². The molecule has 98 valence electrons. The minimum absolute atomic E-state index is 0.686. The van der Waals surface area contributed by atoms with Crippen LogP contribution in [0.4, 0.5) is 0 Å². The fraction of sp³-hybridized carbons (Fsp3) is 0.0909. The van der Waals surface area contributed by atoms with Crippen molar-refractivity contribution < 1.29 is 0 Å². The summed E-state index contributed by atoms with van der Waals surface area (Å²) < 4.78 is 5.67. The summed E-state index contributed by atoms with van der Waals surface area (Å²) in [6.45, 7) is 1.92. The molecule has 0 bridgehead atoms. The van der Waals surface area contributed by atoms with E-state index in [0.717, 1.165) is 26.1 Å². The van der Waals surface area contributed by atoms with Gasteiger partial charge in [0.25, 0.3) is 0 Å². The summed E-state index contributed by atoms with van der Waals surface area (Å²) in [4.78, 5) is 5.81. The van der Waals surface area contributed by atoms with Crippen LogP contribution in [0, 0.1) is 6.92 Å². The summed E-state index contributed by atoms with van der Waals surface area (Å²) in [6.07, 6.45) is 3.47. The molecule has 0 spiro atoms.